The Morgan fingerprint density at radius 2 is 1.82 bits per heavy atom. The second-order valence-electron chi connectivity index (χ2n) is 4.61. The Balaban J connectivity index is 2.55. The molecule has 1 aromatic rings. The molecular formula is C14H15NO7. The van der Waals surface area contributed by atoms with Crippen LogP contribution in [-0.4, -0.2) is 36.3 Å². The van der Waals surface area contributed by atoms with E-state index in [9.17, 15) is 14.7 Å². The Morgan fingerprint density at radius 1 is 1.27 bits per heavy atom. The van der Waals surface area contributed by atoms with Crippen LogP contribution in [0, 0.1) is 0 Å². The highest BCUT2D eigenvalue weighted by Crippen LogP contribution is 2.45. The van der Waals surface area contributed by atoms with E-state index in [1.807, 2.05) is 5.32 Å². The average molecular weight is 309 g/mol. The van der Waals surface area contributed by atoms with Crippen molar-refractivity contribution in [2.75, 3.05) is 14.2 Å². The maximum atomic E-state index is 12.4. The van der Waals surface area contributed by atoms with Gasteiger partial charge < -0.3 is 24.4 Å². The summed E-state index contributed by atoms with van der Waals surface area (Å²) in [5.41, 5.74) is -1.43. The lowest BCUT2D eigenvalue weighted by Gasteiger charge is -2.26. The SMILES string of the molecule is COc1cccc(OC)c1C1(C)OC(NC(=O)O)=C(O)C1=O. The minimum absolute atomic E-state index is 0.249. The average Bonchev–Trinajstić information content (AvgIpc) is 2.70. The molecule has 1 aliphatic rings. The van der Waals surface area contributed by atoms with Crippen LogP contribution in [0.1, 0.15) is 12.5 Å². The van der Waals surface area contributed by atoms with Gasteiger partial charge in [0.25, 0.3) is 5.78 Å². The van der Waals surface area contributed by atoms with E-state index in [4.69, 9.17) is 19.3 Å². The molecule has 1 atom stereocenters. The summed E-state index contributed by atoms with van der Waals surface area (Å²) in [5, 5.41) is 20.4. The second kappa shape index (κ2) is 5.47. The monoisotopic (exact) mass is 309 g/mol. The molecule has 0 bridgehead atoms. The summed E-state index contributed by atoms with van der Waals surface area (Å²) in [6, 6.07) is 4.85. The number of ketones is 1. The third-order valence-corrected chi connectivity index (χ3v) is 3.29. The van der Waals surface area contributed by atoms with Crippen LogP contribution in [0.2, 0.25) is 0 Å². The van der Waals surface area contributed by atoms with Crippen molar-refractivity contribution in [1.29, 1.82) is 0 Å². The Kier molecular flexibility index (Phi) is 3.85. The third-order valence-electron chi connectivity index (χ3n) is 3.29. The van der Waals surface area contributed by atoms with Crippen LogP contribution in [-0.2, 0) is 15.1 Å². The molecular weight excluding hydrogens is 294 g/mol. The number of Topliss-reactive ketones (excluding diaryl/α,β-unsaturated/α-hetero) is 1. The van der Waals surface area contributed by atoms with Gasteiger partial charge in [-0.1, -0.05) is 6.07 Å². The highest BCUT2D eigenvalue weighted by atomic mass is 16.5. The molecule has 8 nitrogen and oxygen atoms in total. The molecule has 0 saturated heterocycles. The van der Waals surface area contributed by atoms with Crippen molar-refractivity contribution in [1.82, 2.24) is 5.32 Å². The molecule has 1 amide bonds. The zero-order valence-electron chi connectivity index (χ0n) is 12.2. The number of hydrogen-bond donors (Lipinski definition) is 3. The summed E-state index contributed by atoms with van der Waals surface area (Å²) in [7, 11) is 2.81. The quantitative estimate of drug-likeness (QED) is 0.772. The molecule has 0 aliphatic carbocycles. The minimum atomic E-state index is -1.68. The van der Waals surface area contributed by atoms with Gasteiger partial charge >= 0.3 is 6.09 Å². The van der Waals surface area contributed by atoms with E-state index in [0.717, 1.165) is 0 Å². The van der Waals surface area contributed by atoms with E-state index in [-0.39, 0.29) is 5.56 Å². The largest absolute Gasteiger partial charge is 0.501 e. The highest BCUT2D eigenvalue weighted by Gasteiger charge is 2.51. The van der Waals surface area contributed by atoms with E-state index in [0.29, 0.717) is 11.5 Å². The van der Waals surface area contributed by atoms with E-state index < -0.39 is 29.1 Å². The normalized spacial score (nSPS) is 20.6. The molecule has 0 spiro atoms. The zero-order chi connectivity index (χ0) is 16.5. The van der Waals surface area contributed by atoms with Crippen LogP contribution in [0.4, 0.5) is 4.79 Å². The molecule has 2 rings (SSSR count). The molecule has 1 heterocycles. The predicted molar refractivity (Wildman–Crippen MR) is 73.8 cm³/mol. The van der Waals surface area contributed by atoms with Crippen LogP contribution in [0.15, 0.2) is 29.8 Å². The number of amides is 1. The van der Waals surface area contributed by atoms with Crippen LogP contribution in [0.3, 0.4) is 0 Å². The van der Waals surface area contributed by atoms with Crippen LogP contribution < -0.4 is 14.8 Å². The van der Waals surface area contributed by atoms with Crippen molar-refractivity contribution in [3.8, 4) is 11.5 Å². The van der Waals surface area contributed by atoms with E-state index >= 15 is 0 Å². The van der Waals surface area contributed by atoms with Gasteiger partial charge in [0.2, 0.25) is 17.2 Å². The smallest absolute Gasteiger partial charge is 0.411 e. The summed E-state index contributed by atoms with van der Waals surface area (Å²) >= 11 is 0. The molecule has 118 valence electrons. The topological polar surface area (TPSA) is 114 Å². The maximum Gasteiger partial charge on any atom is 0.411 e. The number of aliphatic hydroxyl groups excluding tert-OH is 1. The number of hydrogen-bond acceptors (Lipinski definition) is 6. The molecule has 1 aromatic carbocycles. The van der Waals surface area contributed by atoms with E-state index in [2.05, 4.69) is 0 Å². The third kappa shape index (κ3) is 2.28. The molecule has 3 N–H and O–H groups in total. The number of rotatable bonds is 4. The Morgan fingerprint density at radius 3 is 2.27 bits per heavy atom. The fraction of sp³-hybridized carbons (Fsp3) is 0.286. The molecule has 1 aliphatic heterocycles. The number of ether oxygens (including phenoxy) is 3. The predicted octanol–water partition coefficient (Wildman–Crippen LogP) is 1.51. The number of carbonyl (C=O) groups is 2. The Bertz CT molecular complexity index is 645. The highest BCUT2D eigenvalue weighted by molar-refractivity contribution is 6.03. The van der Waals surface area contributed by atoms with Crippen molar-refractivity contribution in [3.05, 3.63) is 35.4 Å². The van der Waals surface area contributed by atoms with Crippen molar-refractivity contribution in [2.45, 2.75) is 12.5 Å². The molecule has 0 aromatic heterocycles. The molecule has 0 radical (unpaired) electrons. The first kappa shape index (κ1) is 15.5. The van der Waals surface area contributed by atoms with Gasteiger partial charge in [0.1, 0.15) is 11.5 Å². The van der Waals surface area contributed by atoms with E-state index in [1.165, 1.54) is 21.1 Å². The molecule has 1 unspecified atom stereocenters. The van der Waals surface area contributed by atoms with E-state index in [1.54, 1.807) is 18.2 Å². The van der Waals surface area contributed by atoms with Gasteiger partial charge in [-0.25, -0.2) is 4.79 Å². The Labute approximate surface area is 125 Å². The molecule has 0 saturated carbocycles. The first-order valence-corrected chi connectivity index (χ1v) is 6.23. The molecule has 0 fully saturated rings. The molecule has 8 heteroatoms. The van der Waals surface area contributed by atoms with Gasteiger partial charge in [-0.3, -0.25) is 10.1 Å². The lowest BCUT2D eigenvalue weighted by atomic mass is 9.90. The standard InChI is InChI=1S/C14H15NO7/c1-14(9-7(20-2)5-4-6-8(9)21-3)11(17)10(16)12(22-14)15-13(18)19/h4-6,15-16H,1-3H3,(H,18,19). The van der Waals surface area contributed by atoms with Crippen LogP contribution >= 0.6 is 0 Å². The van der Waals surface area contributed by atoms with Crippen LogP contribution in [0.5, 0.6) is 11.5 Å². The van der Waals surface area contributed by atoms with Gasteiger partial charge in [0.05, 0.1) is 19.8 Å². The zero-order valence-corrected chi connectivity index (χ0v) is 12.2. The van der Waals surface area contributed by atoms with Gasteiger partial charge in [0.15, 0.2) is 0 Å². The first-order chi connectivity index (χ1) is 10.3. The maximum absolute atomic E-state index is 12.4. The second-order valence-corrected chi connectivity index (χ2v) is 4.61. The summed E-state index contributed by atoms with van der Waals surface area (Å²) in [4.78, 5) is 23.1. The summed E-state index contributed by atoms with van der Waals surface area (Å²) in [6.07, 6.45) is -1.47. The lowest BCUT2D eigenvalue weighted by Crippen LogP contribution is -2.33. The fourth-order valence-corrected chi connectivity index (χ4v) is 2.30. The van der Waals surface area contributed by atoms with Crippen molar-refractivity contribution >= 4 is 11.9 Å². The first-order valence-electron chi connectivity index (χ1n) is 6.23. The number of benzene rings is 1. The number of carbonyl (C=O) groups excluding carboxylic acids is 1. The summed E-state index contributed by atoms with van der Waals surface area (Å²) in [6.45, 7) is 1.39. The van der Waals surface area contributed by atoms with Crippen molar-refractivity contribution < 1.29 is 34.0 Å². The van der Waals surface area contributed by atoms with Gasteiger partial charge in [-0.15, -0.1) is 0 Å². The number of methoxy groups -OCH3 is 2. The summed E-state index contributed by atoms with van der Waals surface area (Å²) < 4.78 is 15.8. The summed E-state index contributed by atoms with van der Waals surface area (Å²) in [5.74, 6) is -1.54. The Hall–Kier alpha value is -2.90. The number of carboxylic acid groups (broad SMARTS) is 1. The van der Waals surface area contributed by atoms with Crippen molar-refractivity contribution in [3.63, 3.8) is 0 Å². The van der Waals surface area contributed by atoms with Crippen molar-refractivity contribution in [2.24, 2.45) is 0 Å². The van der Waals surface area contributed by atoms with Gasteiger partial charge in [-0.05, 0) is 19.1 Å². The lowest BCUT2D eigenvalue weighted by molar-refractivity contribution is -0.132. The number of nitrogens with one attached hydrogen (secondary N) is 1. The van der Waals surface area contributed by atoms with Gasteiger partial charge in [-0.2, -0.15) is 0 Å². The fourth-order valence-electron chi connectivity index (χ4n) is 2.30. The molecule has 22 heavy (non-hydrogen) atoms. The van der Waals surface area contributed by atoms with Crippen LogP contribution in [0.25, 0.3) is 0 Å². The minimum Gasteiger partial charge on any atom is -0.501 e. The van der Waals surface area contributed by atoms with Gasteiger partial charge in [0, 0.05) is 0 Å². The number of aliphatic hydroxyl groups is 1.